The summed E-state index contributed by atoms with van der Waals surface area (Å²) >= 11 is 0. The van der Waals surface area contributed by atoms with E-state index < -0.39 is 16.0 Å². The number of sulfonamides is 1. The number of rotatable bonds is 9. The molecular weight excluding hydrogens is 344 g/mol. The van der Waals surface area contributed by atoms with Crippen LogP contribution in [0.3, 0.4) is 0 Å². The van der Waals surface area contributed by atoms with Crippen molar-refractivity contribution in [3.8, 4) is 0 Å². The zero-order valence-corrected chi connectivity index (χ0v) is 15.1. The molecule has 0 amide bonds. The van der Waals surface area contributed by atoms with Gasteiger partial charge in [0.05, 0.1) is 24.2 Å². The molecule has 1 aromatic carbocycles. The van der Waals surface area contributed by atoms with E-state index in [0.29, 0.717) is 30.8 Å². The Kier molecular flexibility index (Phi) is 10.0. The lowest BCUT2D eigenvalue weighted by molar-refractivity contribution is 0.0600. The number of esters is 1. The van der Waals surface area contributed by atoms with Crippen molar-refractivity contribution in [1.29, 1.82) is 0 Å². The van der Waals surface area contributed by atoms with Gasteiger partial charge in [-0.3, -0.25) is 0 Å². The molecule has 1 aromatic rings. The highest BCUT2D eigenvalue weighted by molar-refractivity contribution is 7.89. The number of nitrogens with one attached hydrogen (secondary N) is 2. The molecule has 0 heterocycles. The van der Waals surface area contributed by atoms with Gasteiger partial charge in [0.15, 0.2) is 0 Å². The SMILES string of the molecule is COCCNCCNS(=O)(=O)c1ccc(C(=O)OC)cc1C.Cl. The van der Waals surface area contributed by atoms with Crippen LogP contribution < -0.4 is 10.0 Å². The Bertz CT molecular complexity index is 607. The van der Waals surface area contributed by atoms with Crippen molar-refractivity contribution in [2.75, 3.05) is 40.5 Å². The molecule has 132 valence electrons. The number of methoxy groups -OCH3 is 2. The third-order valence-electron chi connectivity index (χ3n) is 2.96. The Balaban J connectivity index is 0.00000484. The maximum Gasteiger partial charge on any atom is 0.337 e. The largest absolute Gasteiger partial charge is 0.465 e. The minimum absolute atomic E-state index is 0. The van der Waals surface area contributed by atoms with Gasteiger partial charge in [-0.1, -0.05) is 0 Å². The molecule has 7 nitrogen and oxygen atoms in total. The summed E-state index contributed by atoms with van der Waals surface area (Å²) in [6, 6.07) is 4.34. The van der Waals surface area contributed by atoms with Crippen LogP contribution in [0.2, 0.25) is 0 Å². The van der Waals surface area contributed by atoms with Crippen molar-refractivity contribution in [2.24, 2.45) is 0 Å². The van der Waals surface area contributed by atoms with Crippen molar-refractivity contribution in [3.63, 3.8) is 0 Å². The van der Waals surface area contributed by atoms with E-state index in [2.05, 4.69) is 14.8 Å². The van der Waals surface area contributed by atoms with Crippen LogP contribution in [-0.4, -0.2) is 54.8 Å². The topological polar surface area (TPSA) is 93.7 Å². The van der Waals surface area contributed by atoms with Crippen LogP contribution in [0, 0.1) is 6.92 Å². The van der Waals surface area contributed by atoms with Crippen molar-refractivity contribution < 1.29 is 22.7 Å². The van der Waals surface area contributed by atoms with Gasteiger partial charge < -0.3 is 14.8 Å². The molecule has 0 saturated heterocycles. The molecule has 2 N–H and O–H groups in total. The van der Waals surface area contributed by atoms with Crippen LogP contribution >= 0.6 is 12.4 Å². The van der Waals surface area contributed by atoms with Gasteiger partial charge >= 0.3 is 5.97 Å². The van der Waals surface area contributed by atoms with Crippen LogP contribution in [-0.2, 0) is 19.5 Å². The Morgan fingerprint density at radius 1 is 1.17 bits per heavy atom. The molecule has 0 spiro atoms. The average Bonchev–Trinajstić information content (AvgIpc) is 2.49. The monoisotopic (exact) mass is 366 g/mol. The number of benzene rings is 1. The first-order valence-corrected chi connectivity index (χ1v) is 8.29. The lowest BCUT2D eigenvalue weighted by Gasteiger charge is -2.11. The third-order valence-corrected chi connectivity index (χ3v) is 4.58. The molecule has 0 atom stereocenters. The second-order valence-electron chi connectivity index (χ2n) is 4.61. The van der Waals surface area contributed by atoms with Gasteiger partial charge in [-0.15, -0.1) is 12.4 Å². The number of carbonyl (C=O) groups excluding carboxylic acids is 1. The molecule has 0 aliphatic rings. The summed E-state index contributed by atoms with van der Waals surface area (Å²) in [5.41, 5.74) is 0.808. The predicted molar refractivity (Wildman–Crippen MR) is 89.7 cm³/mol. The molecule has 9 heteroatoms. The second-order valence-corrected chi connectivity index (χ2v) is 6.35. The smallest absolute Gasteiger partial charge is 0.337 e. The average molecular weight is 367 g/mol. The molecule has 1 rings (SSSR count). The van der Waals surface area contributed by atoms with Crippen molar-refractivity contribution in [1.82, 2.24) is 10.0 Å². The fourth-order valence-electron chi connectivity index (χ4n) is 1.85. The Labute approximate surface area is 143 Å². The Morgan fingerprint density at radius 3 is 2.43 bits per heavy atom. The van der Waals surface area contributed by atoms with Gasteiger partial charge in [0.25, 0.3) is 0 Å². The highest BCUT2D eigenvalue weighted by Crippen LogP contribution is 2.17. The molecule has 0 bridgehead atoms. The minimum atomic E-state index is -3.61. The van der Waals surface area contributed by atoms with Gasteiger partial charge in [-0.25, -0.2) is 17.9 Å². The molecule has 0 aliphatic heterocycles. The normalized spacial score (nSPS) is 10.9. The lowest BCUT2D eigenvalue weighted by Crippen LogP contribution is -2.33. The Hall–Kier alpha value is -1.19. The summed E-state index contributed by atoms with van der Waals surface area (Å²) in [5.74, 6) is -0.498. The maximum absolute atomic E-state index is 12.2. The van der Waals surface area contributed by atoms with E-state index in [4.69, 9.17) is 4.74 Å². The molecule has 0 unspecified atom stereocenters. The van der Waals surface area contributed by atoms with E-state index in [1.807, 2.05) is 0 Å². The van der Waals surface area contributed by atoms with Crippen molar-refractivity contribution in [3.05, 3.63) is 29.3 Å². The first-order valence-electron chi connectivity index (χ1n) is 6.80. The van der Waals surface area contributed by atoms with E-state index in [-0.39, 0.29) is 23.8 Å². The van der Waals surface area contributed by atoms with Crippen LogP contribution in [0.15, 0.2) is 23.1 Å². The molecule has 0 fully saturated rings. The number of carbonyl (C=O) groups is 1. The molecule has 23 heavy (non-hydrogen) atoms. The lowest BCUT2D eigenvalue weighted by atomic mass is 10.1. The zero-order valence-electron chi connectivity index (χ0n) is 13.4. The number of ether oxygens (including phenoxy) is 2. The number of hydrogen-bond donors (Lipinski definition) is 2. The Morgan fingerprint density at radius 2 is 1.87 bits per heavy atom. The van der Waals surface area contributed by atoms with E-state index in [0.717, 1.165) is 0 Å². The number of aryl methyl sites for hydroxylation is 1. The minimum Gasteiger partial charge on any atom is -0.465 e. The summed E-state index contributed by atoms with van der Waals surface area (Å²) in [6.07, 6.45) is 0. The van der Waals surface area contributed by atoms with Crippen LogP contribution in [0.1, 0.15) is 15.9 Å². The van der Waals surface area contributed by atoms with Crippen LogP contribution in [0.25, 0.3) is 0 Å². The molecular formula is C14H23ClN2O5S. The van der Waals surface area contributed by atoms with Crippen LogP contribution in [0.5, 0.6) is 0 Å². The van der Waals surface area contributed by atoms with E-state index in [1.165, 1.54) is 25.3 Å². The molecule has 0 aromatic heterocycles. The first kappa shape index (κ1) is 21.8. The van der Waals surface area contributed by atoms with E-state index in [9.17, 15) is 13.2 Å². The van der Waals surface area contributed by atoms with Gasteiger partial charge in [0, 0.05) is 26.7 Å². The fraction of sp³-hybridized carbons (Fsp3) is 0.500. The van der Waals surface area contributed by atoms with Crippen LogP contribution in [0.4, 0.5) is 0 Å². The standard InChI is InChI=1S/C14H22N2O5S.ClH/c1-11-10-12(14(17)21-3)4-5-13(11)22(18,19)16-7-6-15-8-9-20-2;/h4-5,10,15-16H,6-9H2,1-3H3;1H. The molecule has 0 radical (unpaired) electrons. The summed E-state index contributed by atoms with van der Waals surface area (Å²) in [7, 11) is -0.726. The number of halogens is 1. The summed E-state index contributed by atoms with van der Waals surface area (Å²) in [4.78, 5) is 11.6. The highest BCUT2D eigenvalue weighted by atomic mass is 35.5. The predicted octanol–water partition coefficient (Wildman–Crippen LogP) is 0.718. The molecule has 0 aliphatic carbocycles. The highest BCUT2D eigenvalue weighted by Gasteiger charge is 2.17. The van der Waals surface area contributed by atoms with Crippen molar-refractivity contribution >= 4 is 28.4 Å². The summed E-state index contributed by atoms with van der Waals surface area (Å²) < 4.78 is 36.4. The summed E-state index contributed by atoms with van der Waals surface area (Å²) in [5, 5.41) is 3.04. The third kappa shape index (κ3) is 6.84. The number of hydrogen-bond acceptors (Lipinski definition) is 6. The van der Waals surface area contributed by atoms with Gasteiger partial charge in [-0.2, -0.15) is 0 Å². The second kappa shape index (κ2) is 10.6. The van der Waals surface area contributed by atoms with E-state index >= 15 is 0 Å². The van der Waals surface area contributed by atoms with Gasteiger partial charge in [-0.05, 0) is 30.7 Å². The molecule has 0 saturated carbocycles. The zero-order chi connectivity index (χ0) is 16.6. The van der Waals surface area contributed by atoms with Gasteiger partial charge in [0.1, 0.15) is 0 Å². The fourth-order valence-corrected chi connectivity index (χ4v) is 3.10. The van der Waals surface area contributed by atoms with Crippen molar-refractivity contribution in [2.45, 2.75) is 11.8 Å². The van der Waals surface area contributed by atoms with Gasteiger partial charge in [0.2, 0.25) is 10.0 Å². The summed E-state index contributed by atoms with van der Waals surface area (Å²) in [6.45, 7) is 3.63. The maximum atomic E-state index is 12.2. The quantitative estimate of drug-likeness (QED) is 0.494. The first-order chi connectivity index (χ1) is 10.4. The van der Waals surface area contributed by atoms with E-state index in [1.54, 1.807) is 14.0 Å².